The molecular weight excluding hydrogens is 440 g/mol. The number of aromatic nitrogens is 2. The molecule has 2 heterocycles. The van der Waals surface area contributed by atoms with E-state index < -0.39 is 5.91 Å². The molecule has 1 aromatic heterocycles. The SMILES string of the molecule is Cc1cccc(-c2cc(NC(=O)CN3C(=O)C4C5C=CC(C5)C4C3=O)n(Cc3ccccc3)n2)c1. The van der Waals surface area contributed by atoms with Crippen LogP contribution in [0.5, 0.6) is 0 Å². The molecule has 0 radical (unpaired) electrons. The maximum atomic E-state index is 13.0. The van der Waals surface area contributed by atoms with Crippen molar-refractivity contribution in [2.75, 3.05) is 11.9 Å². The number of carbonyl (C=O) groups excluding carboxylic acids is 3. The Hall–Kier alpha value is -4.00. The standard InChI is InChI=1S/C28H26N4O3/c1-17-6-5-9-19(12-17)22-14-23(32(30-22)15-18-7-3-2-4-8-18)29-24(33)16-31-27(34)25-20-10-11-21(13-20)26(25)28(31)35/h2-12,14,20-21,25-26H,13,15-16H2,1H3,(H,29,33). The van der Waals surface area contributed by atoms with E-state index >= 15 is 0 Å². The number of anilines is 1. The summed E-state index contributed by atoms with van der Waals surface area (Å²) in [5, 5.41) is 7.66. The van der Waals surface area contributed by atoms with Crippen LogP contribution in [-0.4, -0.2) is 38.9 Å². The molecule has 1 N–H and O–H groups in total. The third-order valence-corrected chi connectivity index (χ3v) is 7.40. The molecule has 35 heavy (non-hydrogen) atoms. The van der Waals surface area contributed by atoms with Gasteiger partial charge >= 0.3 is 0 Å². The van der Waals surface area contributed by atoms with Crippen LogP contribution in [0.3, 0.4) is 0 Å². The Bertz CT molecular complexity index is 1330. The van der Waals surface area contributed by atoms with Gasteiger partial charge in [0.15, 0.2) is 0 Å². The molecule has 2 aliphatic carbocycles. The molecule has 7 nitrogen and oxygen atoms in total. The summed E-state index contributed by atoms with van der Waals surface area (Å²) in [5.41, 5.74) is 3.85. The number of likely N-dealkylation sites (tertiary alicyclic amines) is 1. The van der Waals surface area contributed by atoms with Crippen molar-refractivity contribution in [1.82, 2.24) is 14.7 Å². The molecule has 2 aromatic carbocycles. The van der Waals surface area contributed by atoms with E-state index in [-0.39, 0.29) is 42.0 Å². The van der Waals surface area contributed by atoms with Gasteiger partial charge in [-0.2, -0.15) is 5.10 Å². The molecule has 1 aliphatic heterocycles. The lowest BCUT2D eigenvalue weighted by Crippen LogP contribution is -2.39. The molecule has 4 unspecified atom stereocenters. The third-order valence-electron chi connectivity index (χ3n) is 7.40. The lowest BCUT2D eigenvalue weighted by Gasteiger charge is -2.17. The Kier molecular flexibility index (Phi) is 5.13. The average molecular weight is 467 g/mol. The number of allylic oxidation sites excluding steroid dienone is 2. The maximum absolute atomic E-state index is 13.0. The van der Waals surface area contributed by atoms with E-state index in [1.165, 1.54) is 0 Å². The Morgan fingerprint density at radius 3 is 2.37 bits per heavy atom. The van der Waals surface area contributed by atoms with E-state index in [1.54, 1.807) is 4.68 Å². The Morgan fingerprint density at radius 1 is 0.971 bits per heavy atom. The fraction of sp³-hybridized carbons (Fsp3) is 0.286. The number of nitrogens with zero attached hydrogens (tertiary/aromatic N) is 3. The summed E-state index contributed by atoms with van der Waals surface area (Å²) < 4.78 is 1.75. The molecule has 3 amide bonds. The first-order chi connectivity index (χ1) is 17.0. The molecule has 1 saturated carbocycles. The number of amides is 3. The van der Waals surface area contributed by atoms with E-state index in [0.29, 0.717) is 12.4 Å². The zero-order chi connectivity index (χ0) is 24.1. The highest BCUT2D eigenvalue weighted by Crippen LogP contribution is 2.52. The first kappa shape index (κ1) is 21.5. The number of rotatable bonds is 6. The number of carbonyl (C=O) groups is 3. The smallest absolute Gasteiger partial charge is 0.245 e. The summed E-state index contributed by atoms with van der Waals surface area (Å²) in [4.78, 5) is 40.2. The van der Waals surface area contributed by atoms with Crippen molar-refractivity contribution >= 4 is 23.5 Å². The van der Waals surface area contributed by atoms with Gasteiger partial charge in [0.05, 0.1) is 24.1 Å². The van der Waals surface area contributed by atoms with Crippen LogP contribution in [0.2, 0.25) is 0 Å². The van der Waals surface area contributed by atoms with Crippen LogP contribution in [0.4, 0.5) is 5.82 Å². The predicted octanol–water partition coefficient (Wildman–Crippen LogP) is 3.65. The summed E-state index contributed by atoms with van der Waals surface area (Å²) in [6, 6.07) is 19.7. The van der Waals surface area contributed by atoms with Crippen LogP contribution >= 0.6 is 0 Å². The second-order valence-corrected chi connectivity index (χ2v) is 9.74. The lowest BCUT2D eigenvalue weighted by atomic mass is 9.85. The van der Waals surface area contributed by atoms with Crippen LogP contribution < -0.4 is 5.32 Å². The zero-order valence-electron chi connectivity index (χ0n) is 19.4. The number of aryl methyl sites for hydroxylation is 1. The zero-order valence-corrected chi connectivity index (χ0v) is 19.4. The van der Waals surface area contributed by atoms with Gasteiger partial charge in [-0.15, -0.1) is 0 Å². The van der Waals surface area contributed by atoms with Gasteiger partial charge in [-0.25, -0.2) is 4.68 Å². The fourth-order valence-corrected chi connectivity index (χ4v) is 5.79. The van der Waals surface area contributed by atoms with Crippen molar-refractivity contribution in [1.29, 1.82) is 0 Å². The van der Waals surface area contributed by atoms with Crippen molar-refractivity contribution in [3.8, 4) is 11.3 Å². The highest BCUT2D eigenvalue weighted by Gasteiger charge is 2.59. The van der Waals surface area contributed by atoms with Crippen molar-refractivity contribution in [2.45, 2.75) is 19.9 Å². The van der Waals surface area contributed by atoms with Gasteiger partial charge in [0, 0.05) is 11.6 Å². The number of hydrogen-bond donors (Lipinski definition) is 1. The summed E-state index contributed by atoms with van der Waals surface area (Å²) in [6.07, 6.45) is 4.97. The van der Waals surface area contributed by atoms with Crippen LogP contribution in [0.15, 0.2) is 72.8 Å². The fourth-order valence-electron chi connectivity index (χ4n) is 5.79. The van der Waals surface area contributed by atoms with Gasteiger partial charge in [-0.1, -0.05) is 66.2 Å². The molecule has 3 aliphatic rings. The van der Waals surface area contributed by atoms with Crippen molar-refractivity contribution < 1.29 is 14.4 Å². The molecule has 6 rings (SSSR count). The Morgan fingerprint density at radius 2 is 1.69 bits per heavy atom. The molecule has 1 saturated heterocycles. The number of benzene rings is 2. The van der Waals surface area contributed by atoms with E-state index in [2.05, 4.69) is 17.5 Å². The average Bonchev–Trinajstić information content (AvgIpc) is 3.61. The third kappa shape index (κ3) is 3.77. The van der Waals surface area contributed by atoms with Gasteiger partial charge in [-0.05, 0) is 36.8 Å². The minimum atomic E-state index is -0.406. The van der Waals surface area contributed by atoms with Crippen molar-refractivity contribution in [2.24, 2.45) is 23.7 Å². The quantitative estimate of drug-likeness (QED) is 0.444. The van der Waals surface area contributed by atoms with Crippen LogP contribution in [-0.2, 0) is 20.9 Å². The van der Waals surface area contributed by atoms with E-state index in [0.717, 1.165) is 33.7 Å². The number of hydrogen-bond acceptors (Lipinski definition) is 4. The molecule has 2 bridgehead atoms. The topological polar surface area (TPSA) is 84.3 Å². The molecular formula is C28H26N4O3. The highest BCUT2D eigenvalue weighted by molar-refractivity contribution is 6.09. The number of imide groups is 1. The molecule has 3 aromatic rings. The predicted molar refractivity (Wildman–Crippen MR) is 131 cm³/mol. The van der Waals surface area contributed by atoms with E-state index in [4.69, 9.17) is 5.10 Å². The monoisotopic (exact) mass is 466 g/mol. The summed E-state index contributed by atoms with van der Waals surface area (Å²) >= 11 is 0. The van der Waals surface area contributed by atoms with Crippen LogP contribution in [0.1, 0.15) is 17.5 Å². The first-order valence-corrected chi connectivity index (χ1v) is 12.0. The second kappa shape index (κ2) is 8.34. The molecule has 2 fully saturated rings. The molecule has 0 spiro atoms. The molecule has 4 atom stereocenters. The maximum Gasteiger partial charge on any atom is 0.245 e. The van der Waals surface area contributed by atoms with E-state index in [1.807, 2.05) is 67.6 Å². The number of nitrogens with one attached hydrogen (secondary N) is 1. The first-order valence-electron chi connectivity index (χ1n) is 12.0. The largest absolute Gasteiger partial charge is 0.309 e. The van der Waals surface area contributed by atoms with Gasteiger partial charge in [0.25, 0.3) is 0 Å². The Balaban J connectivity index is 1.24. The van der Waals surface area contributed by atoms with Gasteiger partial charge in [-0.3, -0.25) is 19.3 Å². The second-order valence-electron chi connectivity index (χ2n) is 9.74. The summed E-state index contributed by atoms with van der Waals surface area (Å²) in [6.45, 7) is 2.22. The van der Waals surface area contributed by atoms with E-state index in [9.17, 15) is 14.4 Å². The normalized spacial score (nSPS) is 24.3. The number of fused-ring (bicyclic) bond motifs is 5. The van der Waals surface area contributed by atoms with Crippen molar-refractivity contribution in [3.63, 3.8) is 0 Å². The lowest BCUT2D eigenvalue weighted by molar-refractivity contribution is -0.143. The van der Waals surface area contributed by atoms with Crippen molar-refractivity contribution in [3.05, 3.63) is 83.9 Å². The summed E-state index contributed by atoms with van der Waals surface area (Å²) in [5.74, 6) is -0.676. The van der Waals surface area contributed by atoms with Gasteiger partial charge in [0.1, 0.15) is 12.4 Å². The van der Waals surface area contributed by atoms with Crippen LogP contribution in [0.25, 0.3) is 11.3 Å². The Labute approximate surface area is 203 Å². The highest BCUT2D eigenvalue weighted by atomic mass is 16.2. The summed E-state index contributed by atoms with van der Waals surface area (Å²) in [7, 11) is 0. The van der Waals surface area contributed by atoms with Crippen LogP contribution in [0, 0.1) is 30.6 Å². The minimum absolute atomic E-state index is 0.124. The minimum Gasteiger partial charge on any atom is -0.309 e. The molecule has 7 heteroatoms. The van der Waals surface area contributed by atoms with Gasteiger partial charge in [0.2, 0.25) is 17.7 Å². The van der Waals surface area contributed by atoms with Gasteiger partial charge < -0.3 is 5.32 Å². The molecule has 176 valence electrons.